The van der Waals surface area contributed by atoms with Crippen LogP contribution in [-0.2, 0) is 6.18 Å². The molecule has 2 aromatic rings. The van der Waals surface area contributed by atoms with E-state index in [1.165, 1.54) is 25.4 Å². The van der Waals surface area contributed by atoms with Crippen LogP contribution in [0.4, 0.5) is 13.2 Å². The van der Waals surface area contributed by atoms with E-state index in [9.17, 15) is 13.2 Å². The van der Waals surface area contributed by atoms with E-state index >= 15 is 0 Å². The van der Waals surface area contributed by atoms with Gasteiger partial charge < -0.3 is 4.74 Å². The molecule has 1 heterocycles. The second-order valence-electron chi connectivity index (χ2n) is 3.46. The van der Waals surface area contributed by atoms with Crippen LogP contribution in [0.3, 0.4) is 0 Å². The van der Waals surface area contributed by atoms with Crippen LogP contribution >= 0.6 is 0 Å². The smallest absolute Gasteiger partial charge is 0.416 e. The van der Waals surface area contributed by atoms with Gasteiger partial charge in [-0.1, -0.05) is 12.1 Å². The second kappa shape index (κ2) is 4.64. The minimum Gasteiger partial charge on any atom is -0.467 e. The van der Waals surface area contributed by atoms with Crippen LogP contribution in [0.15, 0.2) is 30.5 Å². The van der Waals surface area contributed by atoms with E-state index in [1.54, 1.807) is 0 Å². The fourth-order valence-electron chi connectivity index (χ4n) is 1.39. The van der Waals surface area contributed by atoms with Crippen LogP contribution in [0.25, 0.3) is 11.1 Å². The Balaban J connectivity index is 2.38. The number of aromatic nitrogens is 2. The first-order valence-electron chi connectivity index (χ1n) is 4.97. The van der Waals surface area contributed by atoms with Crippen molar-refractivity contribution in [2.24, 2.45) is 0 Å². The van der Waals surface area contributed by atoms with Gasteiger partial charge in [-0.3, -0.25) is 0 Å². The Hall–Kier alpha value is -2.11. The lowest BCUT2D eigenvalue weighted by Crippen LogP contribution is -2.04. The summed E-state index contributed by atoms with van der Waals surface area (Å²) in [6.45, 7) is 0. The predicted molar refractivity (Wildman–Crippen MR) is 57.9 cm³/mol. The third kappa shape index (κ3) is 2.58. The molecule has 0 saturated heterocycles. The van der Waals surface area contributed by atoms with E-state index in [1.807, 2.05) is 0 Å². The van der Waals surface area contributed by atoms with Crippen LogP contribution < -0.4 is 4.74 Å². The van der Waals surface area contributed by atoms with E-state index < -0.39 is 11.7 Å². The summed E-state index contributed by atoms with van der Waals surface area (Å²) in [7, 11) is 1.40. The van der Waals surface area contributed by atoms with Crippen LogP contribution in [0, 0.1) is 6.20 Å². The number of benzene rings is 1. The fourth-order valence-corrected chi connectivity index (χ4v) is 1.39. The van der Waals surface area contributed by atoms with E-state index in [0.717, 1.165) is 12.1 Å². The minimum atomic E-state index is -4.37. The largest absolute Gasteiger partial charge is 0.467 e. The highest BCUT2D eigenvalue weighted by atomic mass is 19.4. The maximum atomic E-state index is 12.5. The van der Waals surface area contributed by atoms with Gasteiger partial charge >= 0.3 is 12.2 Å². The summed E-state index contributed by atoms with van der Waals surface area (Å²) in [6.07, 6.45) is -0.431. The van der Waals surface area contributed by atoms with Gasteiger partial charge in [-0.15, -0.1) is 0 Å². The zero-order valence-electron chi connectivity index (χ0n) is 9.32. The van der Waals surface area contributed by atoms with Gasteiger partial charge in [0.25, 0.3) is 0 Å². The Morgan fingerprint density at radius 3 is 2.61 bits per heavy atom. The standard InChI is InChI=1S/C12H8F3N2O/c1-18-11-16-6-9(7-17-11)8-3-2-4-10(5-8)12(13,14)15/h2-6H,1H3. The molecule has 0 aliphatic rings. The molecule has 0 N–H and O–H groups in total. The molecule has 1 aromatic carbocycles. The Morgan fingerprint density at radius 1 is 1.28 bits per heavy atom. The third-order valence-electron chi connectivity index (χ3n) is 2.26. The molecule has 0 fully saturated rings. The lowest BCUT2D eigenvalue weighted by molar-refractivity contribution is -0.137. The highest BCUT2D eigenvalue weighted by Gasteiger charge is 2.30. The predicted octanol–water partition coefficient (Wildman–Crippen LogP) is 2.97. The van der Waals surface area contributed by atoms with E-state index in [4.69, 9.17) is 4.74 Å². The molecule has 3 nitrogen and oxygen atoms in total. The molecule has 0 aliphatic heterocycles. The van der Waals surface area contributed by atoms with Crippen molar-refractivity contribution >= 4 is 0 Å². The Morgan fingerprint density at radius 2 is 2.06 bits per heavy atom. The number of hydrogen-bond acceptors (Lipinski definition) is 3. The molecule has 93 valence electrons. The zero-order valence-corrected chi connectivity index (χ0v) is 9.32. The molecule has 0 spiro atoms. The maximum absolute atomic E-state index is 12.5. The van der Waals surface area contributed by atoms with Crippen molar-refractivity contribution < 1.29 is 17.9 Å². The van der Waals surface area contributed by atoms with Crippen molar-refractivity contribution in [3.8, 4) is 17.1 Å². The summed E-state index contributed by atoms with van der Waals surface area (Å²) in [6, 6.07) is 5.02. The van der Waals surface area contributed by atoms with Crippen LogP contribution in [0.1, 0.15) is 5.56 Å². The topological polar surface area (TPSA) is 35.0 Å². The number of rotatable bonds is 2. The van der Waals surface area contributed by atoms with Gasteiger partial charge in [-0.2, -0.15) is 18.2 Å². The van der Waals surface area contributed by atoms with Crippen molar-refractivity contribution in [3.05, 3.63) is 42.2 Å². The first-order valence-corrected chi connectivity index (χ1v) is 4.97. The van der Waals surface area contributed by atoms with E-state index in [-0.39, 0.29) is 6.01 Å². The highest BCUT2D eigenvalue weighted by molar-refractivity contribution is 5.62. The van der Waals surface area contributed by atoms with E-state index in [2.05, 4.69) is 16.2 Å². The Kier molecular flexibility index (Phi) is 3.18. The number of ether oxygens (including phenoxy) is 1. The number of halogens is 3. The lowest BCUT2D eigenvalue weighted by atomic mass is 10.1. The van der Waals surface area contributed by atoms with Crippen molar-refractivity contribution in [3.63, 3.8) is 0 Å². The van der Waals surface area contributed by atoms with Crippen molar-refractivity contribution in [1.29, 1.82) is 0 Å². The molecular formula is C12H8F3N2O. The molecule has 0 bridgehead atoms. The number of nitrogens with zero attached hydrogens (tertiary/aromatic N) is 2. The normalized spacial score (nSPS) is 11.3. The summed E-state index contributed by atoms with van der Waals surface area (Å²) in [5, 5.41) is 0. The van der Waals surface area contributed by atoms with Gasteiger partial charge in [0.1, 0.15) is 6.20 Å². The second-order valence-corrected chi connectivity index (χ2v) is 3.46. The number of alkyl halides is 3. The zero-order chi connectivity index (χ0) is 13.2. The Bertz CT molecular complexity index is 538. The van der Waals surface area contributed by atoms with Crippen molar-refractivity contribution in [2.75, 3.05) is 7.11 Å². The number of methoxy groups -OCH3 is 1. The fraction of sp³-hybridized carbons (Fsp3) is 0.167. The molecule has 2 rings (SSSR count). The molecule has 18 heavy (non-hydrogen) atoms. The van der Waals surface area contributed by atoms with Gasteiger partial charge in [0.05, 0.1) is 12.7 Å². The molecular weight excluding hydrogens is 245 g/mol. The van der Waals surface area contributed by atoms with Crippen molar-refractivity contribution in [2.45, 2.75) is 6.18 Å². The molecule has 1 aromatic heterocycles. The molecule has 0 aliphatic carbocycles. The molecule has 1 radical (unpaired) electrons. The molecule has 0 atom stereocenters. The molecule has 0 saturated carbocycles. The first kappa shape index (κ1) is 12.3. The average Bonchev–Trinajstić information content (AvgIpc) is 2.38. The van der Waals surface area contributed by atoms with Crippen LogP contribution in [-0.4, -0.2) is 17.1 Å². The van der Waals surface area contributed by atoms with Gasteiger partial charge in [0, 0.05) is 11.8 Å². The lowest BCUT2D eigenvalue weighted by Gasteiger charge is -2.08. The third-order valence-corrected chi connectivity index (χ3v) is 2.26. The molecule has 6 heteroatoms. The Labute approximate surface area is 101 Å². The van der Waals surface area contributed by atoms with E-state index in [0.29, 0.717) is 11.1 Å². The number of hydrogen-bond donors (Lipinski definition) is 0. The minimum absolute atomic E-state index is 0.116. The summed E-state index contributed by atoms with van der Waals surface area (Å²) in [5.74, 6) is 0. The summed E-state index contributed by atoms with van der Waals surface area (Å²) in [4.78, 5) is 7.55. The summed E-state index contributed by atoms with van der Waals surface area (Å²) >= 11 is 0. The summed E-state index contributed by atoms with van der Waals surface area (Å²) in [5.41, 5.74) is 0.0126. The van der Waals surface area contributed by atoms with Crippen LogP contribution in [0.2, 0.25) is 0 Å². The van der Waals surface area contributed by atoms with Crippen LogP contribution in [0.5, 0.6) is 6.01 Å². The maximum Gasteiger partial charge on any atom is 0.416 e. The van der Waals surface area contributed by atoms with Gasteiger partial charge in [0.15, 0.2) is 0 Å². The monoisotopic (exact) mass is 253 g/mol. The van der Waals surface area contributed by atoms with Gasteiger partial charge in [0.2, 0.25) is 0 Å². The summed E-state index contributed by atoms with van der Waals surface area (Å²) < 4.78 is 42.4. The first-order chi connectivity index (χ1) is 8.50. The quantitative estimate of drug-likeness (QED) is 0.825. The van der Waals surface area contributed by atoms with Gasteiger partial charge in [-0.05, 0) is 17.7 Å². The highest BCUT2D eigenvalue weighted by Crippen LogP contribution is 2.31. The SMILES string of the molecule is COc1n[c]c(-c2cccc(C(F)(F)F)c2)cn1. The average molecular weight is 253 g/mol. The van der Waals surface area contributed by atoms with Crippen molar-refractivity contribution in [1.82, 2.24) is 9.97 Å². The van der Waals surface area contributed by atoms with Gasteiger partial charge in [-0.25, -0.2) is 4.98 Å². The molecule has 0 amide bonds. The molecule has 0 unspecified atom stereocenters.